The van der Waals surface area contributed by atoms with Crippen LogP contribution < -0.4 is 4.74 Å². The van der Waals surface area contributed by atoms with Gasteiger partial charge in [-0.3, -0.25) is 0 Å². The van der Waals surface area contributed by atoms with Crippen molar-refractivity contribution >= 4 is 0 Å². The molecule has 6 aromatic carbocycles. The second-order valence-electron chi connectivity index (χ2n) is 11.7. The number of nitrogens with zero attached hydrogens (tertiary/aromatic N) is 6. The van der Waals surface area contributed by atoms with Crippen molar-refractivity contribution in [1.82, 2.24) is 29.9 Å². The van der Waals surface area contributed by atoms with Crippen LogP contribution in [0.5, 0.6) is 11.5 Å². The maximum atomic E-state index is 6.43. The third kappa shape index (κ3) is 5.70. The Morgan fingerprint density at radius 1 is 0.245 bits per heavy atom. The molecular weight excluding hydrogens is 605 g/mol. The van der Waals surface area contributed by atoms with E-state index >= 15 is 0 Å². The maximum Gasteiger partial charge on any atom is 0.164 e. The standard InChI is InChI=1S/C42H26N6O/c1-3-11-27(12-4-1)37-43-39-31-17-7-15-29(23-31)30-16-8-18-32(24-30)40-44-38(28-13-5-2-6-14-28)46-42(48-40)34-20-10-22-36(26-34)49-35-21-9-19-33(25-35)41(45-37)47-39/h1-26H. The molecule has 8 aromatic rings. The van der Waals surface area contributed by atoms with Crippen molar-refractivity contribution < 1.29 is 4.74 Å². The molecular formula is C42H26N6O. The highest BCUT2D eigenvalue weighted by Crippen LogP contribution is 2.34. The average molecular weight is 631 g/mol. The van der Waals surface area contributed by atoms with E-state index in [-0.39, 0.29) is 0 Å². The molecule has 1 aliphatic rings. The minimum Gasteiger partial charge on any atom is -0.457 e. The molecule has 0 saturated heterocycles. The molecule has 49 heavy (non-hydrogen) atoms. The van der Waals surface area contributed by atoms with Crippen LogP contribution in [0.15, 0.2) is 158 Å². The third-order valence-electron chi connectivity index (χ3n) is 8.33. The summed E-state index contributed by atoms with van der Waals surface area (Å²) in [6.45, 7) is 0. The number of hydrogen-bond acceptors (Lipinski definition) is 7. The highest BCUT2D eigenvalue weighted by atomic mass is 16.5. The summed E-state index contributed by atoms with van der Waals surface area (Å²) >= 11 is 0. The van der Waals surface area contributed by atoms with E-state index in [1.54, 1.807) is 0 Å². The molecule has 0 atom stereocenters. The molecule has 230 valence electrons. The fraction of sp³-hybridized carbons (Fsp3) is 0. The fourth-order valence-corrected chi connectivity index (χ4v) is 5.91. The minimum absolute atomic E-state index is 0.553. The second kappa shape index (κ2) is 12.1. The largest absolute Gasteiger partial charge is 0.457 e. The number of rotatable bonds is 2. The quantitative estimate of drug-likeness (QED) is 0.188. The lowest BCUT2D eigenvalue weighted by Crippen LogP contribution is -2.00. The first-order valence-electron chi connectivity index (χ1n) is 15.9. The summed E-state index contributed by atoms with van der Waals surface area (Å²) in [5.41, 5.74) is 7.21. The predicted octanol–water partition coefficient (Wildman–Crippen LogP) is 9.83. The summed E-state index contributed by atoms with van der Waals surface area (Å²) in [7, 11) is 0. The Kier molecular flexibility index (Phi) is 6.98. The molecule has 12 bridgehead atoms. The van der Waals surface area contributed by atoms with Crippen LogP contribution in [-0.4, -0.2) is 29.9 Å². The Morgan fingerprint density at radius 3 is 0.918 bits per heavy atom. The summed E-state index contributed by atoms with van der Waals surface area (Å²) in [5, 5.41) is 0. The normalized spacial score (nSPS) is 11.4. The van der Waals surface area contributed by atoms with Crippen molar-refractivity contribution in [3.8, 4) is 91.0 Å². The summed E-state index contributed by atoms with van der Waals surface area (Å²) < 4.78 is 6.43. The molecule has 0 radical (unpaired) electrons. The zero-order valence-corrected chi connectivity index (χ0v) is 26.1. The highest BCUT2D eigenvalue weighted by Gasteiger charge is 2.17. The van der Waals surface area contributed by atoms with Crippen molar-refractivity contribution in [2.75, 3.05) is 0 Å². The van der Waals surface area contributed by atoms with Gasteiger partial charge in [0, 0.05) is 33.4 Å². The van der Waals surface area contributed by atoms with Gasteiger partial charge in [-0.05, 0) is 47.5 Å². The number of ether oxygens (including phenoxy) is 1. The van der Waals surface area contributed by atoms with E-state index in [9.17, 15) is 0 Å². The Labute approximate surface area is 282 Å². The topological polar surface area (TPSA) is 86.6 Å². The number of aromatic nitrogens is 6. The molecule has 0 aliphatic carbocycles. The van der Waals surface area contributed by atoms with Crippen LogP contribution in [0.1, 0.15) is 0 Å². The Hall–Kier alpha value is -6.86. The second-order valence-corrected chi connectivity index (χ2v) is 11.7. The van der Waals surface area contributed by atoms with Crippen LogP contribution in [-0.2, 0) is 0 Å². The van der Waals surface area contributed by atoms with Gasteiger partial charge in [-0.25, -0.2) is 29.9 Å². The first kappa shape index (κ1) is 28.4. The molecule has 3 heterocycles. The van der Waals surface area contributed by atoms with Gasteiger partial charge in [-0.1, -0.05) is 121 Å². The van der Waals surface area contributed by atoms with Crippen molar-refractivity contribution in [2.24, 2.45) is 0 Å². The van der Waals surface area contributed by atoms with Crippen LogP contribution >= 0.6 is 0 Å². The molecule has 2 aromatic heterocycles. The van der Waals surface area contributed by atoms with Crippen molar-refractivity contribution in [2.45, 2.75) is 0 Å². The molecule has 0 N–H and O–H groups in total. The van der Waals surface area contributed by atoms with Gasteiger partial charge < -0.3 is 4.74 Å². The van der Waals surface area contributed by atoms with Gasteiger partial charge in [-0.15, -0.1) is 0 Å². The SMILES string of the molecule is c1ccc(-c2nc3nc(n2)-c2cccc(c2)-c2cccc(c2)-c2nc(-c4ccccc4)nc(n2)-c2cccc(c2)Oc2cccc-3c2)cc1. The molecule has 0 unspecified atom stereocenters. The Balaban J connectivity index is 1.28. The molecule has 0 fully saturated rings. The molecule has 0 spiro atoms. The lowest BCUT2D eigenvalue weighted by atomic mass is 10.0. The first-order valence-corrected chi connectivity index (χ1v) is 15.9. The molecule has 7 heteroatoms. The number of fused-ring (bicyclic) bond motifs is 17. The van der Waals surface area contributed by atoms with Crippen molar-refractivity contribution in [1.29, 1.82) is 0 Å². The molecule has 9 rings (SSSR count). The molecule has 0 saturated carbocycles. The summed E-state index contributed by atoms with van der Waals surface area (Å²) in [5.74, 6) is 4.74. The van der Waals surface area contributed by atoms with E-state index < -0.39 is 0 Å². The van der Waals surface area contributed by atoms with Crippen molar-refractivity contribution in [3.63, 3.8) is 0 Å². The monoisotopic (exact) mass is 630 g/mol. The van der Waals surface area contributed by atoms with Gasteiger partial charge in [0.15, 0.2) is 34.9 Å². The van der Waals surface area contributed by atoms with E-state index in [1.807, 2.05) is 133 Å². The highest BCUT2D eigenvalue weighted by molar-refractivity contribution is 5.76. The van der Waals surface area contributed by atoms with Gasteiger partial charge in [-0.2, -0.15) is 0 Å². The first-order chi connectivity index (χ1) is 24.2. The predicted molar refractivity (Wildman–Crippen MR) is 191 cm³/mol. The Morgan fingerprint density at radius 2 is 0.531 bits per heavy atom. The molecule has 0 amide bonds. The lowest BCUT2D eigenvalue weighted by Gasteiger charge is -2.11. The van der Waals surface area contributed by atoms with Crippen LogP contribution in [0.3, 0.4) is 0 Å². The van der Waals surface area contributed by atoms with Gasteiger partial charge >= 0.3 is 0 Å². The van der Waals surface area contributed by atoms with E-state index in [0.29, 0.717) is 46.4 Å². The smallest absolute Gasteiger partial charge is 0.164 e. The van der Waals surface area contributed by atoms with Gasteiger partial charge in [0.05, 0.1) is 0 Å². The zero-order valence-electron chi connectivity index (χ0n) is 26.1. The van der Waals surface area contributed by atoms with Crippen LogP contribution in [0.4, 0.5) is 0 Å². The van der Waals surface area contributed by atoms with Crippen molar-refractivity contribution in [3.05, 3.63) is 158 Å². The summed E-state index contributed by atoms with van der Waals surface area (Å²) in [6.07, 6.45) is 0. The maximum absolute atomic E-state index is 6.43. The van der Waals surface area contributed by atoms with E-state index in [1.165, 1.54) is 0 Å². The third-order valence-corrected chi connectivity index (χ3v) is 8.33. The number of benzene rings is 6. The molecule has 7 nitrogen and oxygen atoms in total. The van der Waals surface area contributed by atoms with E-state index in [0.717, 1.165) is 44.5 Å². The van der Waals surface area contributed by atoms with E-state index in [2.05, 4.69) is 24.3 Å². The summed E-state index contributed by atoms with van der Waals surface area (Å²) in [6, 6.07) is 52.1. The van der Waals surface area contributed by atoms with E-state index in [4.69, 9.17) is 34.6 Å². The zero-order chi connectivity index (χ0) is 32.6. The van der Waals surface area contributed by atoms with Gasteiger partial charge in [0.2, 0.25) is 0 Å². The lowest BCUT2D eigenvalue weighted by molar-refractivity contribution is 0.483. The van der Waals surface area contributed by atoms with Gasteiger partial charge in [0.1, 0.15) is 11.5 Å². The molecule has 1 aliphatic heterocycles. The van der Waals surface area contributed by atoms with Crippen LogP contribution in [0.25, 0.3) is 79.5 Å². The summed E-state index contributed by atoms with van der Waals surface area (Å²) in [4.78, 5) is 29.7. The average Bonchev–Trinajstić information content (AvgIpc) is 3.18. The van der Waals surface area contributed by atoms with Crippen LogP contribution in [0.2, 0.25) is 0 Å². The minimum atomic E-state index is 0.553. The van der Waals surface area contributed by atoms with Crippen LogP contribution in [0, 0.1) is 0 Å². The Bertz CT molecular complexity index is 2310. The van der Waals surface area contributed by atoms with Gasteiger partial charge in [0.25, 0.3) is 0 Å². The fourth-order valence-electron chi connectivity index (χ4n) is 5.91. The number of hydrogen-bond donors (Lipinski definition) is 0.